The molecule has 1 rings (SSSR count). The van der Waals surface area contributed by atoms with Crippen molar-refractivity contribution in [2.24, 2.45) is 0 Å². The molecule has 2 amide bonds. The fourth-order valence-electron chi connectivity index (χ4n) is 1.44. The highest BCUT2D eigenvalue weighted by molar-refractivity contribution is 5.91. The average molecular weight is 285 g/mol. The Morgan fingerprint density at radius 2 is 1.95 bits per heavy atom. The molecule has 0 radical (unpaired) electrons. The number of halogens is 3. The van der Waals surface area contributed by atoms with Crippen molar-refractivity contribution >= 4 is 11.7 Å². The van der Waals surface area contributed by atoms with Gasteiger partial charge in [0.2, 0.25) is 0 Å². The molecule has 1 unspecified atom stereocenters. The van der Waals surface area contributed by atoms with Crippen molar-refractivity contribution in [3.05, 3.63) is 29.8 Å². The van der Waals surface area contributed by atoms with Gasteiger partial charge in [0.15, 0.2) is 0 Å². The quantitative estimate of drug-likeness (QED) is 0.892. The maximum atomic E-state index is 12.7. The molecule has 1 aromatic carbocycles. The van der Waals surface area contributed by atoms with Crippen LogP contribution in [0.4, 0.5) is 23.7 Å². The molecule has 0 aliphatic carbocycles. The first-order valence-electron chi connectivity index (χ1n) is 5.88. The maximum absolute atomic E-state index is 12.7. The number of urea groups is 1. The Bertz CT molecular complexity index is 536. The second-order valence-electron chi connectivity index (χ2n) is 4.42. The number of benzene rings is 1. The molecule has 0 heterocycles. The summed E-state index contributed by atoms with van der Waals surface area (Å²) in [6.45, 7) is 3.18. The van der Waals surface area contributed by atoms with Gasteiger partial charge in [-0.25, -0.2) is 4.79 Å². The van der Waals surface area contributed by atoms with E-state index in [4.69, 9.17) is 5.26 Å². The monoisotopic (exact) mass is 285 g/mol. The number of rotatable bonds is 3. The number of alkyl halides is 3. The molecule has 0 saturated heterocycles. The van der Waals surface area contributed by atoms with E-state index in [9.17, 15) is 18.0 Å². The maximum Gasteiger partial charge on any atom is 0.418 e. The smallest absolute Gasteiger partial charge is 0.320 e. The van der Waals surface area contributed by atoms with Crippen LogP contribution in [0.5, 0.6) is 0 Å². The second kappa shape index (κ2) is 5.82. The number of anilines is 1. The van der Waals surface area contributed by atoms with Crippen molar-refractivity contribution in [1.29, 1.82) is 5.26 Å². The number of nitrogens with one attached hydrogen (secondary N) is 2. The third-order valence-corrected chi connectivity index (χ3v) is 2.82. The van der Waals surface area contributed by atoms with E-state index in [1.165, 1.54) is 19.1 Å². The van der Waals surface area contributed by atoms with Gasteiger partial charge in [-0.2, -0.15) is 18.4 Å². The van der Waals surface area contributed by atoms with Crippen LogP contribution in [0.3, 0.4) is 0 Å². The number of carbonyl (C=O) groups excluding carboxylic acids is 1. The van der Waals surface area contributed by atoms with E-state index in [1.807, 2.05) is 6.07 Å². The third kappa shape index (κ3) is 3.88. The average Bonchev–Trinajstić information content (AvgIpc) is 2.37. The standard InChI is InChI=1S/C13H14F3N3O/c1-3-12(2,8-17)19-11(20)18-10-7-5-4-6-9(10)13(14,15)16/h4-7H,3H2,1-2H3,(H2,18,19,20). The second-order valence-corrected chi connectivity index (χ2v) is 4.42. The molecule has 1 aromatic rings. The molecule has 0 aromatic heterocycles. The number of amides is 2. The summed E-state index contributed by atoms with van der Waals surface area (Å²) >= 11 is 0. The summed E-state index contributed by atoms with van der Waals surface area (Å²) in [5.41, 5.74) is -2.42. The fraction of sp³-hybridized carbons (Fsp3) is 0.385. The topological polar surface area (TPSA) is 64.9 Å². The SMILES string of the molecule is CCC(C)(C#N)NC(=O)Nc1ccccc1C(F)(F)F. The van der Waals surface area contributed by atoms with Crippen LogP contribution in [0.15, 0.2) is 24.3 Å². The molecular weight excluding hydrogens is 271 g/mol. The lowest BCUT2D eigenvalue weighted by atomic mass is 10.0. The normalized spacial score (nSPS) is 14.0. The van der Waals surface area contributed by atoms with Crippen molar-refractivity contribution in [2.75, 3.05) is 5.32 Å². The van der Waals surface area contributed by atoms with E-state index in [1.54, 1.807) is 6.92 Å². The molecule has 1 atom stereocenters. The van der Waals surface area contributed by atoms with Gasteiger partial charge < -0.3 is 10.6 Å². The van der Waals surface area contributed by atoms with E-state index < -0.39 is 23.3 Å². The molecule has 0 aliphatic rings. The molecule has 2 N–H and O–H groups in total. The lowest BCUT2D eigenvalue weighted by molar-refractivity contribution is -0.136. The third-order valence-electron chi connectivity index (χ3n) is 2.82. The van der Waals surface area contributed by atoms with Crippen LogP contribution in [-0.4, -0.2) is 11.6 Å². The number of hydrogen-bond acceptors (Lipinski definition) is 2. The van der Waals surface area contributed by atoms with Crippen LogP contribution in [0.25, 0.3) is 0 Å². The predicted molar refractivity (Wildman–Crippen MR) is 67.9 cm³/mol. The van der Waals surface area contributed by atoms with Crippen molar-refractivity contribution < 1.29 is 18.0 Å². The minimum atomic E-state index is -4.56. The highest BCUT2D eigenvalue weighted by Gasteiger charge is 2.34. The molecular formula is C13H14F3N3O. The largest absolute Gasteiger partial charge is 0.418 e. The van der Waals surface area contributed by atoms with Crippen LogP contribution in [0, 0.1) is 11.3 Å². The van der Waals surface area contributed by atoms with Gasteiger partial charge >= 0.3 is 12.2 Å². The Hall–Kier alpha value is -2.23. The van der Waals surface area contributed by atoms with Crippen molar-refractivity contribution in [2.45, 2.75) is 32.0 Å². The molecule has 0 aliphatic heterocycles. The first kappa shape index (κ1) is 15.8. The Labute approximate surface area is 114 Å². The first-order valence-corrected chi connectivity index (χ1v) is 5.88. The summed E-state index contributed by atoms with van der Waals surface area (Å²) in [7, 11) is 0. The molecule has 0 bridgehead atoms. The molecule has 7 heteroatoms. The summed E-state index contributed by atoms with van der Waals surface area (Å²) in [5.74, 6) is 0. The first-order chi connectivity index (χ1) is 9.22. The number of hydrogen-bond donors (Lipinski definition) is 2. The summed E-state index contributed by atoms with van der Waals surface area (Å²) in [6, 6.07) is 5.68. The lowest BCUT2D eigenvalue weighted by Crippen LogP contribution is -2.46. The van der Waals surface area contributed by atoms with Gasteiger partial charge in [-0.15, -0.1) is 0 Å². The van der Waals surface area contributed by atoms with Crippen molar-refractivity contribution in [1.82, 2.24) is 5.32 Å². The molecule has 108 valence electrons. The number of para-hydroxylation sites is 1. The van der Waals surface area contributed by atoms with Crippen LogP contribution < -0.4 is 10.6 Å². The van der Waals surface area contributed by atoms with Crippen LogP contribution in [0.2, 0.25) is 0 Å². The Morgan fingerprint density at radius 1 is 1.35 bits per heavy atom. The van der Waals surface area contributed by atoms with E-state index in [0.29, 0.717) is 6.42 Å². The zero-order valence-corrected chi connectivity index (χ0v) is 11.0. The van der Waals surface area contributed by atoms with Gasteiger partial charge in [-0.05, 0) is 25.5 Å². The van der Waals surface area contributed by atoms with Gasteiger partial charge in [0.1, 0.15) is 5.54 Å². The fourth-order valence-corrected chi connectivity index (χ4v) is 1.44. The summed E-state index contributed by atoms with van der Waals surface area (Å²) in [6.07, 6.45) is -4.23. The molecule has 4 nitrogen and oxygen atoms in total. The lowest BCUT2D eigenvalue weighted by Gasteiger charge is -2.22. The minimum absolute atomic E-state index is 0.331. The van der Waals surface area contributed by atoms with E-state index in [0.717, 1.165) is 12.1 Å². The molecule has 20 heavy (non-hydrogen) atoms. The summed E-state index contributed by atoms with van der Waals surface area (Å²) < 4.78 is 38.2. The van der Waals surface area contributed by atoms with Crippen molar-refractivity contribution in [3.8, 4) is 6.07 Å². The Balaban J connectivity index is 2.91. The Morgan fingerprint density at radius 3 is 2.45 bits per heavy atom. The predicted octanol–water partition coefficient (Wildman–Crippen LogP) is 3.52. The zero-order valence-electron chi connectivity index (χ0n) is 11.0. The minimum Gasteiger partial charge on any atom is -0.320 e. The highest BCUT2D eigenvalue weighted by atomic mass is 19.4. The van der Waals surface area contributed by atoms with E-state index in [2.05, 4.69) is 10.6 Å². The van der Waals surface area contributed by atoms with Crippen molar-refractivity contribution in [3.63, 3.8) is 0 Å². The molecule has 0 spiro atoms. The van der Waals surface area contributed by atoms with Gasteiger partial charge in [0.25, 0.3) is 0 Å². The van der Waals surface area contributed by atoms with Gasteiger partial charge in [0, 0.05) is 0 Å². The van der Waals surface area contributed by atoms with Crippen LogP contribution in [0.1, 0.15) is 25.8 Å². The number of carbonyl (C=O) groups is 1. The Kier molecular flexibility index (Phi) is 4.61. The summed E-state index contributed by atoms with van der Waals surface area (Å²) in [4.78, 5) is 11.7. The van der Waals surface area contributed by atoms with Crippen LogP contribution in [-0.2, 0) is 6.18 Å². The highest BCUT2D eigenvalue weighted by Crippen LogP contribution is 2.34. The summed E-state index contributed by atoms with van der Waals surface area (Å²) in [5, 5.41) is 13.4. The zero-order chi connectivity index (χ0) is 15.4. The molecule has 0 saturated carbocycles. The van der Waals surface area contributed by atoms with Gasteiger partial charge in [-0.1, -0.05) is 19.1 Å². The number of nitriles is 1. The van der Waals surface area contributed by atoms with Gasteiger partial charge in [-0.3, -0.25) is 0 Å². The molecule has 0 fully saturated rings. The van der Waals surface area contributed by atoms with E-state index in [-0.39, 0.29) is 5.69 Å². The van der Waals surface area contributed by atoms with E-state index >= 15 is 0 Å². The van der Waals surface area contributed by atoms with Crippen LogP contribution >= 0.6 is 0 Å². The van der Waals surface area contributed by atoms with Gasteiger partial charge in [0.05, 0.1) is 17.3 Å². The number of nitrogens with zero attached hydrogens (tertiary/aromatic N) is 1.